The highest BCUT2D eigenvalue weighted by atomic mass is 16.6. The van der Waals surface area contributed by atoms with Crippen molar-refractivity contribution in [2.45, 2.75) is 51.7 Å². The summed E-state index contributed by atoms with van der Waals surface area (Å²) < 4.78 is 5.27. The fourth-order valence-electron chi connectivity index (χ4n) is 2.54. The second-order valence-electron chi connectivity index (χ2n) is 6.34. The molecular formula is C16H21NO4. The van der Waals surface area contributed by atoms with E-state index < -0.39 is 17.7 Å². The highest BCUT2D eigenvalue weighted by molar-refractivity contribution is 5.71. The Hall–Kier alpha value is -2.04. The average Bonchev–Trinajstić information content (AvgIpc) is 2.68. The Labute approximate surface area is 124 Å². The van der Waals surface area contributed by atoms with Gasteiger partial charge in [-0.3, -0.25) is 4.79 Å². The summed E-state index contributed by atoms with van der Waals surface area (Å²) in [4.78, 5) is 22.7. The van der Waals surface area contributed by atoms with Crippen molar-refractivity contribution in [1.82, 2.24) is 5.32 Å². The van der Waals surface area contributed by atoms with Gasteiger partial charge in [-0.2, -0.15) is 0 Å². The number of carboxylic acids is 1. The van der Waals surface area contributed by atoms with E-state index >= 15 is 0 Å². The molecule has 21 heavy (non-hydrogen) atoms. The normalized spacial score (nSPS) is 17.2. The number of nitrogens with one attached hydrogen (secondary N) is 1. The van der Waals surface area contributed by atoms with Crippen LogP contribution in [0, 0.1) is 0 Å². The lowest BCUT2D eigenvalue weighted by atomic mass is 10.0. The predicted molar refractivity (Wildman–Crippen MR) is 78.2 cm³/mol. The van der Waals surface area contributed by atoms with Crippen LogP contribution < -0.4 is 5.32 Å². The second kappa shape index (κ2) is 5.76. The molecule has 0 radical (unpaired) electrons. The van der Waals surface area contributed by atoms with E-state index in [4.69, 9.17) is 9.84 Å². The predicted octanol–water partition coefficient (Wildman–Crippen LogP) is 2.83. The molecule has 0 saturated carbocycles. The zero-order chi connectivity index (χ0) is 15.6. The molecule has 0 saturated heterocycles. The molecule has 2 rings (SSSR count). The van der Waals surface area contributed by atoms with Crippen molar-refractivity contribution in [3.63, 3.8) is 0 Å². The Morgan fingerprint density at radius 1 is 1.38 bits per heavy atom. The van der Waals surface area contributed by atoms with Gasteiger partial charge in [0, 0.05) is 0 Å². The third-order valence-corrected chi connectivity index (χ3v) is 3.33. The number of aryl methyl sites for hydroxylation is 1. The Balaban J connectivity index is 2.09. The molecule has 0 spiro atoms. The Kier molecular flexibility index (Phi) is 4.21. The van der Waals surface area contributed by atoms with Crippen molar-refractivity contribution in [3.05, 3.63) is 34.9 Å². The van der Waals surface area contributed by atoms with Crippen molar-refractivity contribution < 1.29 is 19.4 Å². The number of hydrogen-bond acceptors (Lipinski definition) is 3. The van der Waals surface area contributed by atoms with Gasteiger partial charge in [0.05, 0.1) is 12.5 Å². The van der Waals surface area contributed by atoms with E-state index in [2.05, 4.69) is 5.32 Å². The van der Waals surface area contributed by atoms with Crippen LogP contribution in [0.1, 0.15) is 49.9 Å². The van der Waals surface area contributed by atoms with E-state index in [1.165, 1.54) is 0 Å². The van der Waals surface area contributed by atoms with Crippen LogP contribution in [0.2, 0.25) is 0 Å². The quantitative estimate of drug-likeness (QED) is 0.898. The first kappa shape index (κ1) is 15.4. The van der Waals surface area contributed by atoms with E-state index in [0.717, 1.165) is 29.5 Å². The van der Waals surface area contributed by atoms with Crippen LogP contribution in [0.3, 0.4) is 0 Å². The minimum Gasteiger partial charge on any atom is -0.481 e. The fraction of sp³-hybridized carbons (Fsp3) is 0.500. The van der Waals surface area contributed by atoms with Gasteiger partial charge in [-0.15, -0.1) is 0 Å². The third kappa shape index (κ3) is 4.21. The van der Waals surface area contributed by atoms with Crippen molar-refractivity contribution in [2.24, 2.45) is 0 Å². The number of carbonyl (C=O) groups excluding carboxylic acids is 1. The number of aliphatic carboxylic acids is 1. The first-order valence-corrected chi connectivity index (χ1v) is 7.07. The number of benzene rings is 1. The van der Waals surface area contributed by atoms with Crippen molar-refractivity contribution >= 4 is 12.1 Å². The molecule has 5 heteroatoms. The molecule has 0 aromatic heterocycles. The molecule has 0 bridgehead atoms. The van der Waals surface area contributed by atoms with Crippen LogP contribution in [0.15, 0.2) is 18.2 Å². The van der Waals surface area contributed by atoms with Crippen molar-refractivity contribution in [3.8, 4) is 0 Å². The van der Waals surface area contributed by atoms with Gasteiger partial charge in [0.25, 0.3) is 0 Å². The van der Waals surface area contributed by atoms with Crippen LogP contribution in [0.5, 0.6) is 0 Å². The Morgan fingerprint density at radius 3 is 2.71 bits per heavy atom. The molecule has 0 aliphatic heterocycles. The van der Waals surface area contributed by atoms with Gasteiger partial charge in [-0.05, 0) is 50.3 Å². The second-order valence-corrected chi connectivity index (χ2v) is 6.34. The lowest BCUT2D eigenvalue weighted by molar-refractivity contribution is -0.136. The highest BCUT2D eigenvalue weighted by Crippen LogP contribution is 2.32. The molecule has 0 heterocycles. The SMILES string of the molecule is CC(C)(C)OC(=O)NC1CCc2ccc(CC(=O)O)cc21. The molecule has 114 valence electrons. The van der Waals surface area contributed by atoms with Crippen molar-refractivity contribution in [2.75, 3.05) is 0 Å². The summed E-state index contributed by atoms with van der Waals surface area (Å²) in [7, 11) is 0. The highest BCUT2D eigenvalue weighted by Gasteiger charge is 2.26. The maximum atomic E-state index is 11.9. The maximum absolute atomic E-state index is 11.9. The van der Waals surface area contributed by atoms with Crippen LogP contribution in [-0.4, -0.2) is 22.8 Å². The molecule has 0 fully saturated rings. The Morgan fingerprint density at radius 2 is 2.10 bits per heavy atom. The third-order valence-electron chi connectivity index (χ3n) is 3.33. The number of carbonyl (C=O) groups is 2. The van der Waals surface area contributed by atoms with E-state index in [-0.39, 0.29) is 12.5 Å². The summed E-state index contributed by atoms with van der Waals surface area (Å²) in [6, 6.07) is 5.55. The molecule has 5 nitrogen and oxygen atoms in total. The summed E-state index contributed by atoms with van der Waals surface area (Å²) in [5.74, 6) is -0.857. The summed E-state index contributed by atoms with van der Waals surface area (Å²) in [5, 5.41) is 11.7. The van der Waals surface area contributed by atoms with Gasteiger partial charge >= 0.3 is 12.1 Å². The molecule has 1 aliphatic carbocycles. The maximum Gasteiger partial charge on any atom is 0.408 e. The van der Waals surface area contributed by atoms with Gasteiger partial charge < -0.3 is 15.2 Å². The van der Waals surface area contributed by atoms with Crippen LogP contribution in [0.25, 0.3) is 0 Å². The van der Waals surface area contributed by atoms with Crippen LogP contribution in [-0.2, 0) is 22.4 Å². The molecule has 1 aromatic rings. The van der Waals surface area contributed by atoms with E-state index in [9.17, 15) is 9.59 Å². The monoisotopic (exact) mass is 291 g/mol. The molecule has 1 unspecified atom stereocenters. The molecule has 2 N–H and O–H groups in total. The molecule has 1 atom stereocenters. The molecule has 1 aliphatic rings. The molecular weight excluding hydrogens is 270 g/mol. The largest absolute Gasteiger partial charge is 0.481 e. The number of rotatable bonds is 3. The van der Waals surface area contributed by atoms with E-state index in [1.54, 1.807) is 0 Å². The fourth-order valence-corrected chi connectivity index (χ4v) is 2.54. The number of alkyl carbamates (subject to hydrolysis) is 1. The summed E-state index contributed by atoms with van der Waals surface area (Å²) in [6.07, 6.45) is 1.24. The van der Waals surface area contributed by atoms with Crippen molar-refractivity contribution in [1.29, 1.82) is 0 Å². The zero-order valence-corrected chi connectivity index (χ0v) is 12.6. The van der Waals surface area contributed by atoms with Crippen LogP contribution in [0.4, 0.5) is 4.79 Å². The topological polar surface area (TPSA) is 75.6 Å². The van der Waals surface area contributed by atoms with Gasteiger partial charge in [0.15, 0.2) is 0 Å². The number of amides is 1. The minimum atomic E-state index is -0.857. The standard InChI is InChI=1S/C16H21NO4/c1-16(2,3)21-15(20)17-13-7-6-11-5-4-10(8-12(11)13)9-14(18)19/h4-5,8,13H,6-7,9H2,1-3H3,(H,17,20)(H,18,19). The first-order valence-electron chi connectivity index (χ1n) is 7.07. The number of ether oxygens (including phenoxy) is 1. The summed E-state index contributed by atoms with van der Waals surface area (Å²) >= 11 is 0. The lowest BCUT2D eigenvalue weighted by Crippen LogP contribution is -2.34. The lowest BCUT2D eigenvalue weighted by Gasteiger charge is -2.22. The van der Waals surface area contributed by atoms with Gasteiger partial charge in [0.1, 0.15) is 5.60 Å². The first-order chi connectivity index (χ1) is 9.74. The Bertz CT molecular complexity index is 560. The smallest absolute Gasteiger partial charge is 0.408 e. The van der Waals surface area contributed by atoms with Crippen LogP contribution >= 0.6 is 0 Å². The number of carboxylic acid groups (broad SMARTS) is 1. The van der Waals surface area contributed by atoms with E-state index in [1.807, 2.05) is 39.0 Å². The summed E-state index contributed by atoms with van der Waals surface area (Å²) in [6.45, 7) is 5.46. The van der Waals surface area contributed by atoms with Gasteiger partial charge in [-0.25, -0.2) is 4.79 Å². The number of fused-ring (bicyclic) bond motifs is 1. The summed E-state index contributed by atoms with van der Waals surface area (Å²) in [5.41, 5.74) is 2.38. The minimum absolute atomic E-state index is 0.00750. The molecule has 1 amide bonds. The van der Waals surface area contributed by atoms with Gasteiger partial charge in [-0.1, -0.05) is 18.2 Å². The number of hydrogen-bond donors (Lipinski definition) is 2. The van der Waals surface area contributed by atoms with Gasteiger partial charge in [0.2, 0.25) is 0 Å². The molecule has 1 aromatic carbocycles. The van der Waals surface area contributed by atoms with E-state index in [0.29, 0.717) is 0 Å². The average molecular weight is 291 g/mol. The zero-order valence-electron chi connectivity index (χ0n) is 12.6.